The SMILES string of the molecule is COOOc1cc(NN=N)c(C(C)(C)C)cc1C(C)(C)COC(=O)OC. The minimum Gasteiger partial charge on any atom is -0.438 e. The monoisotopic (exact) mass is 369 g/mol. The number of hydrogen-bond acceptors (Lipinski definition) is 8. The molecule has 1 rings (SSSR count). The molecule has 1 aromatic carbocycles. The summed E-state index contributed by atoms with van der Waals surface area (Å²) >= 11 is 0. The number of nitrogens with one attached hydrogen (secondary N) is 2. The molecule has 9 nitrogen and oxygen atoms in total. The van der Waals surface area contributed by atoms with E-state index in [9.17, 15) is 4.79 Å². The molecule has 2 N–H and O–H groups in total. The van der Waals surface area contributed by atoms with Crippen molar-refractivity contribution >= 4 is 11.8 Å². The minimum atomic E-state index is -0.768. The summed E-state index contributed by atoms with van der Waals surface area (Å²) in [6.45, 7) is 9.93. The normalized spacial score (nSPS) is 11.7. The van der Waals surface area contributed by atoms with Gasteiger partial charge in [0.15, 0.2) is 5.75 Å². The van der Waals surface area contributed by atoms with Crippen molar-refractivity contribution in [2.75, 3.05) is 26.3 Å². The number of anilines is 1. The number of benzene rings is 1. The Balaban J connectivity index is 3.44. The maximum atomic E-state index is 11.3. The van der Waals surface area contributed by atoms with Gasteiger partial charge >= 0.3 is 6.16 Å². The van der Waals surface area contributed by atoms with Gasteiger partial charge in [-0.2, -0.15) is 10.4 Å². The Bertz CT molecular complexity index is 640. The number of carbonyl (C=O) groups excluding carboxylic acids is 1. The van der Waals surface area contributed by atoms with Gasteiger partial charge in [-0.15, -0.1) is 0 Å². The zero-order valence-corrected chi connectivity index (χ0v) is 16.3. The van der Waals surface area contributed by atoms with Gasteiger partial charge in [0.1, 0.15) is 6.61 Å². The van der Waals surface area contributed by atoms with Crippen LogP contribution in [0.4, 0.5) is 10.5 Å². The van der Waals surface area contributed by atoms with Gasteiger partial charge in [0.05, 0.1) is 19.9 Å². The van der Waals surface area contributed by atoms with Gasteiger partial charge in [-0.25, -0.2) is 4.79 Å². The standard InChI is InChI=1S/C17H27N3O6/c1-16(2,3)11-8-12(17(4,5)10-24-15(21)22-6)14(25-26-23-7)9-13(11)19-20-18/h8-9H,10H2,1-7H3,(H2,18,19). The summed E-state index contributed by atoms with van der Waals surface area (Å²) in [5, 5.41) is 7.87. The number of methoxy groups -OCH3 is 1. The van der Waals surface area contributed by atoms with Crippen LogP contribution in [0.3, 0.4) is 0 Å². The first-order valence-electron chi connectivity index (χ1n) is 7.96. The van der Waals surface area contributed by atoms with Crippen molar-refractivity contribution in [3.8, 4) is 5.75 Å². The van der Waals surface area contributed by atoms with Crippen molar-refractivity contribution in [2.45, 2.75) is 45.4 Å². The van der Waals surface area contributed by atoms with Crippen molar-refractivity contribution in [1.29, 1.82) is 5.53 Å². The molecular formula is C17H27N3O6. The fourth-order valence-electron chi connectivity index (χ4n) is 2.40. The van der Waals surface area contributed by atoms with Crippen molar-refractivity contribution in [2.24, 2.45) is 5.22 Å². The summed E-state index contributed by atoms with van der Waals surface area (Å²) in [4.78, 5) is 21.1. The van der Waals surface area contributed by atoms with Crippen LogP contribution in [0.25, 0.3) is 0 Å². The zero-order chi connectivity index (χ0) is 20.0. The zero-order valence-electron chi connectivity index (χ0n) is 16.3. The second-order valence-corrected chi connectivity index (χ2v) is 7.31. The maximum absolute atomic E-state index is 11.3. The molecule has 0 aliphatic carbocycles. The van der Waals surface area contributed by atoms with Crippen molar-refractivity contribution in [3.63, 3.8) is 0 Å². The molecule has 0 unspecified atom stereocenters. The van der Waals surface area contributed by atoms with E-state index in [0.717, 1.165) is 11.1 Å². The van der Waals surface area contributed by atoms with E-state index in [1.165, 1.54) is 14.2 Å². The van der Waals surface area contributed by atoms with Crippen LogP contribution in [-0.4, -0.2) is 27.0 Å². The number of rotatable bonds is 8. The molecule has 0 aliphatic heterocycles. The quantitative estimate of drug-likeness (QED) is 0.304. The first-order valence-corrected chi connectivity index (χ1v) is 7.96. The fraction of sp³-hybridized carbons (Fsp3) is 0.588. The molecule has 0 heterocycles. The predicted molar refractivity (Wildman–Crippen MR) is 94.0 cm³/mol. The molecule has 1 aromatic rings. The second-order valence-electron chi connectivity index (χ2n) is 7.31. The molecular weight excluding hydrogens is 342 g/mol. The number of nitrogens with zero attached hydrogens (tertiary/aromatic N) is 1. The molecule has 146 valence electrons. The maximum Gasteiger partial charge on any atom is 0.508 e. The molecule has 0 amide bonds. The molecule has 0 aromatic heterocycles. The molecule has 0 radical (unpaired) electrons. The van der Waals surface area contributed by atoms with Crippen molar-refractivity contribution < 1.29 is 29.1 Å². The summed E-state index contributed by atoms with van der Waals surface area (Å²) in [6, 6.07) is 3.56. The molecule has 0 bridgehead atoms. The van der Waals surface area contributed by atoms with Gasteiger partial charge in [-0.05, 0) is 22.1 Å². The smallest absolute Gasteiger partial charge is 0.438 e. The largest absolute Gasteiger partial charge is 0.508 e. The van der Waals surface area contributed by atoms with Crippen LogP contribution in [-0.2, 0) is 30.2 Å². The molecule has 0 aliphatic rings. The summed E-state index contributed by atoms with van der Waals surface area (Å²) in [6.07, 6.45) is -0.768. The Labute approximate surface area is 153 Å². The molecule has 0 fully saturated rings. The van der Waals surface area contributed by atoms with Gasteiger partial charge in [0, 0.05) is 17.0 Å². The van der Waals surface area contributed by atoms with E-state index in [1.807, 2.05) is 40.7 Å². The van der Waals surface area contributed by atoms with E-state index in [2.05, 4.69) is 25.3 Å². The van der Waals surface area contributed by atoms with Gasteiger partial charge in [-0.3, -0.25) is 5.43 Å². The summed E-state index contributed by atoms with van der Waals surface area (Å²) in [7, 11) is 2.56. The van der Waals surface area contributed by atoms with E-state index in [-0.39, 0.29) is 12.0 Å². The van der Waals surface area contributed by atoms with Crippen LogP contribution in [0.15, 0.2) is 17.4 Å². The Morgan fingerprint density at radius 1 is 1.15 bits per heavy atom. The minimum absolute atomic E-state index is 0.0577. The highest BCUT2D eigenvalue weighted by molar-refractivity contribution is 5.62. The van der Waals surface area contributed by atoms with Gasteiger partial charge < -0.3 is 14.4 Å². The molecule has 0 saturated heterocycles. The Kier molecular flexibility index (Phi) is 7.34. The second kappa shape index (κ2) is 8.81. The average molecular weight is 369 g/mol. The fourth-order valence-corrected chi connectivity index (χ4v) is 2.40. The third-order valence-electron chi connectivity index (χ3n) is 3.74. The van der Waals surface area contributed by atoms with Crippen molar-refractivity contribution in [1.82, 2.24) is 0 Å². The number of carbonyl (C=O) groups is 1. The summed E-state index contributed by atoms with van der Waals surface area (Å²) in [5.74, 6) is 0.337. The molecule has 0 saturated carbocycles. The summed E-state index contributed by atoms with van der Waals surface area (Å²) < 4.78 is 9.65. The lowest BCUT2D eigenvalue weighted by Gasteiger charge is -2.30. The highest BCUT2D eigenvalue weighted by Crippen LogP contribution is 2.40. The predicted octanol–water partition coefficient (Wildman–Crippen LogP) is 4.27. The third-order valence-corrected chi connectivity index (χ3v) is 3.74. The lowest BCUT2D eigenvalue weighted by molar-refractivity contribution is -0.453. The topological polar surface area (TPSA) is 111 Å². The number of ether oxygens (including phenoxy) is 2. The van der Waals surface area contributed by atoms with Crippen LogP contribution in [0.2, 0.25) is 0 Å². The lowest BCUT2D eigenvalue weighted by atomic mass is 9.78. The van der Waals surface area contributed by atoms with Gasteiger partial charge in [0.25, 0.3) is 0 Å². The molecule has 9 heteroatoms. The Morgan fingerprint density at radius 3 is 2.31 bits per heavy atom. The van der Waals surface area contributed by atoms with E-state index in [4.69, 9.17) is 15.2 Å². The first kappa shape index (κ1) is 21.7. The van der Waals surface area contributed by atoms with Crippen molar-refractivity contribution in [3.05, 3.63) is 23.3 Å². The van der Waals surface area contributed by atoms with Gasteiger partial charge in [-0.1, -0.05) is 39.8 Å². The van der Waals surface area contributed by atoms with Crippen LogP contribution in [0.5, 0.6) is 5.75 Å². The van der Waals surface area contributed by atoms with Crippen LogP contribution < -0.4 is 10.3 Å². The van der Waals surface area contributed by atoms with Crippen LogP contribution >= 0.6 is 0 Å². The first-order chi connectivity index (χ1) is 12.1. The van der Waals surface area contributed by atoms with E-state index in [0.29, 0.717) is 11.4 Å². The van der Waals surface area contributed by atoms with E-state index >= 15 is 0 Å². The summed E-state index contributed by atoms with van der Waals surface area (Å²) in [5.41, 5.74) is 11.1. The number of hydrogen-bond donors (Lipinski definition) is 2. The van der Waals surface area contributed by atoms with E-state index < -0.39 is 11.6 Å². The molecule has 0 spiro atoms. The Morgan fingerprint density at radius 2 is 1.81 bits per heavy atom. The highest BCUT2D eigenvalue weighted by Gasteiger charge is 2.31. The highest BCUT2D eigenvalue weighted by atomic mass is 17.5. The molecule has 26 heavy (non-hydrogen) atoms. The van der Waals surface area contributed by atoms with E-state index in [1.54, 1.807) is 6.07 Å². The lowest BCUT2D eigenvalue weighted by Crippen LogP contribution is -2.28. The Hall–Kier alpha value is -2.39. The average Bonchev–Trinajstić information content (AvgIpc) is 2.56. The third kappa shape index (κ3) is 5.57. The molecule has 0 atom stereocenters. The van der Waals surface area contributed by atoms with Gasteiger partial charge in [0.2, 0.25) is 0 Å². The van der Waals surface area contributed by atoms with Crippen LogP contribution in [0.1, 0.15) is 45.7 Å². The van der Waals surface area contributed by atoms with Crippen LogP contribution in [0, 0.1) is 5.53 Å².